The third-order valence-electron chi connectivity index (χ3n) is 3.78. The van der Waals surface area contributed by atoms with E-state index in [0.29, 0.717) is 12.8 Å². The van der Waals surface area contributed by atoms with E-state index in [4.69, 9.17) is 0 Å². The minimum absolute atomic E-state index is 0.167. The molecule has 3 nitrogen and oxygen atoms in total. The van der Waals surface area contributed by atoms with Crippen LogP contribution in [0.15, 0.2) is 16.6 Å². The maximum Gasteiger partial charge on any atom is 0.244 e. The molecule has 4 heteroatoms. The fourth-order valence-electron chi connectivity index (χ4n) is 2.68. The number of nitrogens with one attached hydrogen (secondary N) is 1. The van der Waals surface area contributed by atoms with Crippen molar-refractivity contribution in [3.05, 3.63) is 27.7 Å². The van der Waals surface area contributed by atoms with Gasteiger partial charge in [-0.25, -0.2) is 0 Å². The first-order valence-electron chi connectivity index (χ1n) is 6.48. The van der Waals surface area contributed by atoms with Crippen molar-refractivity contribution in [2.75, 3.05) is 5.32 Å². The quantitative estimate of drug-likeness (QED) is 0.892. The summed E-state index contributed by atoms with van der Waals surface area (Å²) in [6.07, 6.45) is 3.24. The fraction of sp³-hybridized carbons (Fsp3) is 0.467. The molecule has 100 valence electrons. The van der Waals surface area contributed by atoms with E-state index in [-0.39, 0.29) is 5.91 Å². The van der Waals surface area contributed by atoms with E-state index in [1.807, 2.05) is 26.0 Å². The second kappa shape index (κ2) is 5.34. The predicted molar refractivity (Wildman–Crippen MR) is 78.8 cm³/mol. The zero-order valence-corrected chi connectivity index (χ0v) is 12.8. The van der Waals surface area contributed by atoms with Gasteiger partial charge in [0.1, 0.15) is 5.41 Å². The molecule has 1 N–H and O–H groups in total. The van der Waals surface area contributed by atoms with Crippen LogP contribution in [-0.2, 0) is 4.79 Å². The van der Waals surface area contributed by atoms with Crippen molar-refractivity contribution in [2.45, 2.75) is 39.5 Å². The Morgan fingerprint density at radius 1 is 1.37 bits per heavy atom. The number of carbonyl (C=O) groups is 1. The van der Waals surface area contributed by atoms with Crippen LogP contribution in [0, 0.1) is 30.6 Å². The van der Waals surface area contributed by atoms with Crippen LogP contribution in [0.4, 0.5) is 5.69 Å². The zero-order valence-electron chi connectivity index (χ0n) is 11.2. The van der Waals surface area contributed by atoms with Crippen molar-refractivity contribution in [1.82, 2.24) is 0 Å². The van der Waals surface area contributed by atoms with Crippen LogP contribution in [0.1, 0.15) is 36.8 Å². The summed E-state index contributed by atoms with van der Waals surface area (Å²) in [6.45, 7) is 3.97. The van der Waals surface area contributed by atoms with Gasteiger partial charge >= 0.3 is 0 Å². The summed E-state index contributed by atoms with van der Waals surface area (Å²) >= 11 is 3.48. The summed E-state index contributed by atoms with van der Waals surface area (Å²) in [4.78, 5) is 12.4. The molecule has 1 aliphatic carbocycles. The molecule has 1 aromatic carbocycles. The molecule has 1 amide bonds. The Morgan fingerprint density at radius 2 is 2.00 bits per heavy atom. The van der Waals surface area contributed by atoms with Gasteiger partial charge in [-0.2, -0.15) is 5.26 Å². The number of halogens is 1. The highest BCUT2D eigenvalue weighted by Crippen LogP contribution is 2.39. The van der Waals surface area contributed by atoms with Gasteiger partial charge in [-0.3, -0.25) is 4.79 Å². The maximum atomic E-state index is 12.4. The molecule has 1 saturated carbocycles. The molecule has 0 radical (unpaired) electrons. The summed E-state index contributed by atoms with van der Waals surface area (Å²) in [5.74, 6) is -0.167. The van der Waals surface area contributed by atoms with Crippen molar-refractivity contribution >= 4 is 27.5 Å². The van der Waals surface area contributed by atoms with E-state index in [9.17, 15) is 10.1 Å². The van der Waals surface area contributed by atoms with Crippen LogP contribution in [0.25, 0.3) is 0 Å². The predicted octanol–water partition coefficient (Wildman–Crippen LogP) is 4.09. The number of anilines is 1. The SMILES string of the molecule is Cc1cc(C)c(NC(=O)C2(C#N)CCCC2)c(Br)c1. The Hall–Kier alpha value is -1.34. The minimum atomic E-state index is -0.837. The van der Waals surface area contributed by atoms with Crippen LogP contribution in [0.5, 0.6) is 0 Å². The second-order valence-electron chi connectivity index (χ2n) is 5.29. The smallest absolute Gasteiger partial charge is 0.244 e. The van der Waals surface area contributed by atoms with Crippen molar-refractivity contribution in [3.63, 3.8) is 0 Å². The Bertz CT molecular complexity index is 531. The van der Waals surface area contributed by atoms with E-state index < -0.39 is 5.41 Å². The van der Waals surface area contributed by atoms with Crippen LogP contribution in [0.2, 0.25) is 0 Å². The normalized spacial score (nSPS) is 16.9. The van der Waals surface area contributed by atoms with E-state index in [0.717, 1.165) is 34.1 Å². The zero-order chi connectivity index (χ0) is 14.0. The molecule has 0 bridgehead atoms. The Morgan fingerprint density at radius 3 is 2.53 bits per heavy atom. The van der Waals surface area contributed by atoms with Crippen molar-refractivity contribution in [1.29, 1.82) is 5.26 Å². The maximum absolute atomic E-state index is 12.4. The monoisotopic (exact) mass is 320 g/mol. The number of benzene rings is 1. The number of nitrogens with zero attached hydrogens (tertiary/aromatic N) is 1. The summed E-state index contributed by atoms with van der Waals surface area (Å²) in [7, 11) is 0. The van der Waals surface area contributed by atoms with Gasteiger partial charge in [0.15, 0.2) is 0 Å². The summed E-state index contributed by atoms with van der Waals surface area (Å²) in [5, 5.41) is 12.3. The minimum Gasteiger partial charge on any atom is -0.323 e. The lowest BCUT2D eigenvalue weighted by atomic mass is 9.87. The highest BCUT2D eigenvalue weighted by atomic mass is 79.9. The fourth-order valence-corrected chi connectivity index (χ4v) is 3.45. The average molecular weight is 321 g/mol. The average Bonchev–Trinajstić information content (AvgIpc) is 2.83. The highest BCUT2D eigenvalue weighted by Gasteiger charge is 2.41. The first-order valence-corrected chi connectivity index (χ1v) is 7.27. The number of aryl methyl sites for hydroxylation is 2. The number of nitriles is 1. The third-order valence-corrected chi connectivity index (χ3v) is 4.40. The van der Waals surface area contributed by atoms with E-state index in [1.54, 1.807) is 0 Å². The molecular weight excluding hydrogens is 304 g/mol. The van der Waals surface area contributed by atoms with Gasteiger partial charge in [-0.15, -0.1) is 0 Å². The molecule has 1 aromatic rings. The summed E-state index contributed by atoms with van der Waals surface area (Å²) < 4.78 is 0.865. The Balaban J connectivity index is 2.27. The van der Waals surface area contributed by atoms with Gasteiger partial charge in [0.25, 0.3) is 0 Å². The molecule has 0 atom stereocenters. The molecule has 0 spiro atoms. The highest BCUT2D eigenvalue weighted by molar-refractivity contribution is 9.10. The molecule has 0 aromatic heterocycles. The van der Waals surface area contributed by atoms with E-state index >= 15 is 0 Å². The first kappa shape index (κ1) is 14.1. The van der Waals surface area contributed by atoms with Crippen molar-refractivity contribution in [3.8, 4) is 6.07 Å². The summed E-state index contributed by atoms with van der Waals surface area (Å²) in [5.41, 5.74) is 2.08. The number of amides is 1. The largest absolute Gasteiger partial charge is 0.323 e. The Kier molecular flexibility index (Phi) is 3.96. The Labute approximate surface area is 122 Å². The number of carbonyl (C=O) groups excluding carboxylic acids is 1. The third kappa shape index (κ3) is 2.66. The second-order valence-corrected chi connectivity index (χ2v) is 6.15. The topological polar surface area (TPSA) is 52.9 Å². The lowest BCUT2D eigenvalue weighted by molar-refractivity contribution is -0.122. The lowest BCUT2D eigenvalue weighted by Gasteiger charge is -2.21. The van der Waals surface area contributed by atoms with Crippen molar-refractivity contribution < 1.29 is 4.79 Å². The number of hydrogen-bond acceptors (Lipinski definition) is 2. The molecule has 0 heterocycles. The van der Waals surface area contributed by atoms with Gasteiger partial charge < -0.3 is 5.32 Å². The molecule has 0 aliphatic heterocycles. The van der Waals surface area contributed by atoms with Crippen LogP contribution >= 0.6 is 15.9 Å². The van der Waals surface area contributed by atoms with Gasteiger partial charge in [-0.1, -0.05) is 18.9 Å². The van der Waals surface area contributed by atoms with Crippen LogP contribution in [-0.4, -0.2) is 5.91 Å². The first-order chi connectivity index (χ1) is 8.98. The molecule has 1 fully saturated rings. The standard InChI is InChI=1S/C15H17BrN2O/c1-10-7-11(2)13(12(16)8-10)18-14(19)15(9-17)5-3-4-6-15/h7-8H,3-6H2,1-2H3,(H,18,19). The molecule has 0 unspecified atom stereocenters. The van der Waals surface area contributed by atoms with Gasteiger partial charge in [0, 0.05) is 4.47 Å². The van der Waals surface area contributed by atoms with E-state index in [2.05, 4.69) is 27.3 Å². The van der Waals surface area contributed by atoms with Crippen LogP contribution in [0.3, 0.4) is 0 Å². The molecule has 1 aliphatic rings. The molecule has 19 heavy (non-hydrogen) atoms. The van der Waals surface area contributed by atoms with Crippen LogP contribution < -0.4 is 5.32 Å². The number of rotatable bonds is 2. The van der Waals surface area contributed by atoms with E-state index in [1.165, 1.54) is 0 Å². The van der Waals surface area contributed by atoms with Gasteiger partial charge in [-0.05, 0) is 59.8 Å². The molecular formula is C15H17BrN2O. The number of hydrogen-bond donors (Lipinski definition) is 1. The molecule has 2 rings (SSSR count). The van der Waals surface area contributed by atoms with Gasteiger partial charge in [0.05, 0.1) is 11.8 Å². The molecule has 0 saturated heterocycles. The van der Waals surface area contributed by atoms with Crippen molar-refractivity contribution in [2.24, 2.45) is 5.41 Å². The summed E-state index contributed by atoms with van der Waals surface area (Å²) in [6, 6.07) is 6.21. The lowest BCUT2D eigenvalue weighted by Crippen LogP contribution is -2.32. The van der Waals surface area contributed by atoms with Gasteiger partial charge in [0.2, 0.25) is 5.91 Å².